The zero-order valence-electron chi connectivity index (χ0n) is 19.1. The Morgan fingerprint density at radius 3 is 1.79 bits per heavy atom. The van der Waals surface area contributed by atoms with Crippen LogP contribution in [0.1, 0.15) is 54.4 Å². The van der Waals surface area contributed by atoms with Crippen molar-refractivity contribution >= 4 is 31.6 Å². The van der Waals surface area contributed by atoms with Gasteiger partial charge in [0.1, 0.15) is 0 Å². The van der Waals surface area contributed by atoms with Crippen molar-refractivity contribution in [3.63, 3.8) is 0 Å². The summed E-state index contributed by atoms with van der Waals surface area (Å²) >= 11 is 0. The Bertz CT molecular complexity index is 1200. The van der Waals surface area contributed by atoms with Gasteiger partial charge < -0.3 is 5.32 Å². The molecule has 1 N–H and O–H groups in total. The van der Waals surface area contributed by atoms with Crippen LogP contribution in [0.4, 0.5) is 5.69 Å². The third kappa shape index (κ3) is 5.86. The van der Waals surface area contributed by atoms with Gasteiger partial charge in [-0.25, -0.2) is 21.1 Å². The van der Waals surface area contributed by atoms with E-state index in [4.69, 9.17) is 0 Å². The van der Waals surface area contributed by atoms with Gasteiger partial charge in [-0.15, -0.1) is 0 Å². The number of nitrogens with one attached hydrogen (secondary N) is 1. The van der Waals surface area contributed by atoms with Crippen LogP contribution in [0.5, 0.6) is 0 Å². The summed E-state index contributed by atoms with van der Waals surface area (Å²) in [5.41, 5.74) is 1.51. The van der Waals surface area contributed by atoms with Gasteiger partial charge in [0.05, 0.1) is 10.6 Å². The maximum Gasteiger partial charge on any atom is 0.255 e. The van der Waals surface area contributed by atoms with Crippen LogP contribution in [0.25, 0.3) is 0 Å². The van der Waals surface area contributed by atoms with Crippen molar-refractivity contribution in [3.8, 4) is 0 Å². The normalized spacial score (nSPS) is 18.5. The van der Waals surface area contributed by atoms with Crippen LogP contribution in [0.2, 0.25) is 0 Å². The topological polar surface area (TPSA) is 104 Å². The van der Waals surface area contributed by atoms with E-state index >= 15 is 0 Å². The molecule has 0 aliphatic carbocycles. The third-order valence-corrected chi connectivity index (χ3v) is 10.1. The number of hydrogen-bond donors (Lipinski definition) is 1. The van der Waals surface area contributed by atoms with Crippen molar-refractivity contribution in [1.29, 1.82) is 0 Å². The maximum atomic E-state index is 12.8. The van der Waals surface area contributed by atoms with Gasteiger partial charge in [0.25, 0.3) is 5.91 Å². The molecule has 2 aliphatic rings. The van der Waals surface area contributed by atoms with Crippen LogP contribution >= 0.6 is 0 Å². The SMILES string of the molecule is O=C(Nc1ccc(S(=O)(=O)N2CCCCC2)cc1)c1ccc(CS(=O)(=O)N2CCCCC2)cc1. The number of benzene rings is 2. The number of carbonyl (C=O) groups is 1. The lowest BCUT2D eigenvalue weighted by atomic mass is 10.1. The number of rotatable bonds is 7. The highest BCUT2D eigenvalue weighted by Gasteiger charge is 2.26. The van der Waals surface area contributed by atoms with E-state index in [-0.39, 0.29) is 16.6 Å². The van der Waals surface area contributed by atoms with Gasteiger partial charge >= 0.3 is 0 Å². The van der Waals surface area contributed by atoms with Crippen LogP contribution in [-0.2, 0) is 25.8 Å². The Balaban J connectivity index is 1.37. The fraction of sp³-hybridized carbons (Fsp3) is 0.458. The predicted octanol–water partition coefficient (Wildman–Crippen LogP) is 3.43. The van der Waals surface area contributed by atoms with Gasteiger partial charge in [0.15, 0.2) is 0 Å². The van der Waals surface area contributed by atoms with Gasteiger partial charge in [0.2, 0.25) is 20.0 Å². The molecule has 2 aliphatic heterocycles. The number of carbonyl (C=O) groups excluding carboxylic acids is 1. The summed E-state index contributed by atoms with van der Waals surface area (Å²) in [5.74, 6) is -0.431. The quantitative estimate of drug-likeness (QED) is 0.621. The minimum atomic E-state index is -3.52. The van der Waals surface area contributed by atoms with Crippen LogP contribution in [0.3, 0.4) is 0 Å². The molecule has 184 valence electrons. The lowest BCUT2D eigenvalue weighted by Gasteiger charge is -2.26. The molecule has 4 rings (SSSR count). The van der Waals surface area contributed by atoms with E-state index < -0.39 is 20.0 Å². The first-order valence-corrected chi connectivity index (χ1v) is 14.8. The summed E-state index contributed by atoms with van der Waals surface area (Å²) in [6.45, 7) is 2.22. The standard InChI is InChI=1S/C24H31N3O5S2/c28-24(21-9-7-20(8-10-21)19-33(29,30)26-15-3-1-4-16-26)25-22-11-13-23(14-12-22)34(31,32)27-17-5-2-6-18-27/h7-14H,1-6,15-19H2,(H,25,28). The summed E-state index contributed by atoms with van der Waals surface area (Å²) in [4.78, 5) is 12.8. The molecule has 0 radical (unpaired) electrons. The largest absolute Gasteiger partial charge is 0.322 e. The number of amides is 1. The molecule has 8 nitrogen and oxygen atoms in total. The number of piperidine rings is 2. The fourth-order valence-corrected chi connectivity index (χ4v) is 7.49. The van der Waals surface area contributed by atoms with Crippen molar-refractivity contribution < 1.29 is 21.6 Å². The van der Waals surface area contributed by atoms with Crippen LogP contribution in [0, 0.1) is 0 Å². The number of sulfonamides is 2. The minimum Gasteiger partial charge on any atom is -0.322 e. The lowest BCUT2D eigenvalue weighted by Crippen LogP contribution is -2.36. The van der Waals surface area contributed by atoms with E-state index in [1.54, 1.807) is 40.7 Å². The van der Waals surface area contributed by atoms with Crippen molar-refractivity contribution in [2.45, 2.75) is 49.2 Å². The summed E-state index contributed by atoms with van der Waals surface area (Å²) in [7, 11) is -6.88. The second-order valence-corrected chi connectivity index (χ2v) is 12.8. The molecule has 2 heterocycles. The van der Waals surface area contributed by atoms with Crippen molar-refractivity contribution in [2.75, 3.05) is 31.5 Å². The molecule has 2 saturated heterocycles. The van der Waals surface area contributed by atoms with Gasteiger partial charge in [-0.05, 0) is 67.6 Å². The van der Waals surface area contributed by atoms with Gasteiger partial charge in [0, 0.05) is 37.4 Å². The molecule has 0 spiro atoms. The van der Waals surface area contributed by atoms with E-state index in [1.165, 1.54) is 16.4 Å². The monoisotopic (exact) mass is 505 g/mol. The first kappa shape index (κ1) is 24.8. The summed E-state index contributed by atoms with van der Waals surface area (Å²) < 4.78 is 53.8. The van der Waals surface area contributed by atoms with Gasteiger partial charge in [-0.3, -0.25) is 4.79 Å². The molecule has 0 unspecified atom stereocenters. The molecule has 0 atom stereocenters. The average molecular weight is 506 g/mol. The Labute approximate surface area is 202 Å². The molecule has 2 aromatic carbocycles. The van der Waals surface area contributed by atoms with Gasteiger partial charge in [-0.2, -0.15) is 4.31 Å². The molecule has 0 bridgehead atoms. The van der Waals surface area contributed by atoms with Crippen molar-refractivity contribution in [3.05, 3.63) is 59.7 Å². The number of hydrogen-bond acceptors (Lipinski definition) is 5. The second-order valence-electron chi connectivity index (χ2n) is 8.86. The van der Waals surface area contributed by atoms with E-state index in [0.717, 1.165) is 38.5 Å². The molecule has 2 fully saturated rings. The second kappa shape index (κ2) is 10.6. The molecular formula is C24H31N3O5S2. The number of nitrogens with zero attached hydrogens (tertiary/aromatic N) is 2. The third-order valence-electron chi connectivity index (χ3n) is 6.34. The zero-order chi connectivity index (χ0) is 24.2. The molecule has 2 aromatic rings. The van der Waals surface area contributed by atoms with Crippen molar-refractivity contribution in [2.24, 2.45) is 0 Å². The number of anilines is 1. The van der Waals surface area contributed by atoms with Gasteiger partial charge in [-0.1, -0.05) is 25.0 Å². The van der Waals surface area contributed by atoms with Crippen LogP contribution < -0.4 is 5.32 Å². The molecule has 10 heteroatoms. The molecule has 1 amide bonds. The summed E-state index contributed by atoms with van der Waals surface area (Å²) in [6.07, 6.45) is 5.64. The van der Waals surface area contributed by atoms with Crippen LogP contribution in [0.15, 0.2) is 53.4 Å². The predicted molar refractivity (Wildman–Crippen MR) is 131 cm³/mol. The fourth-order valence-electron chi connectivity index (χ4n) is 4.37. The smallest absolute Gasteiger partial charge is 0.255 e. The molecular weight excluding hydrogens is 474 g/mol. The molecule has 34 heavy (non-hydrogen) atoms. The summed E-state index contributed by atoms with van der Waals surface area (Å²) in [6, 6.07) is 12.7. The first-order chi connectivity index (χ1) is 16.3. The Morgan fingerprint density at radius 2 is 1.24 bits per heavy atom. The highest BCUT2D eigenvalue weighted by atomic mass is 32.2. The van der Waals surface area contributed by atoms with E-state index in [0.29, 0.717) is 43.0 Å². The Kier molecular flexibility index (Phi) is 7.71. The van der Waals surface area contributed by atoms with E-state index in [2.05, 4.69) is 5.32 Å². The van der Waals surface area contributed by atoms with E-state index in [9.17, 15) is 21.6 Å². The average Bonchev–Trinajstić information content (AvgIpc) is 2.86. The minimum absolute atomic E-state index is 0.0815. The Morgan fingerprint density at radius 1 is 0.706 bits per heavy atom. The Hall–Kier alpha value is -2.27. The zero-order valence-corrected chi connectivity index (χ0v) is 20.8. The maximum absolute atomic E-state index is 12.8. The molecule has 0 aromatic heterocycles. The summed E-state index contributed by atoms with van der Waals surface area (Å²) in [5, 5.41) is 2.76. The van der Waals surface area contributed by atoms with Crippen LogP contribution in [-0.4, -0.2) is 57.5 Å². The van der Waals surface area contributed by atoms with E-state index in [1.807, 2.05) is 0 Å². The first-order valence-electron chi connectivity index (χ1n) is 11.7. The highest BCUT2D eigenvalue weighted by molar-refractivity contribution is 7.89. The molecule has 0 saturated carbocycles. The highest BCUT2D eigenvalue weighted by Crippen LogP contribution is 2.22. The van der Waals surface area contributed by atoms with Crippen molar-refractivity contribution in [1.82, 2.24) is 8.61 Å². The lowest BCUT2D eigenvalue weighted by molar-refractivity contribution is 0.102.